The summed E-state index contributed by atoms with van der Waals surface area (Å²) in [6.45, 7) is 1.52. The lowest BCUT2D eigenvalue weighted by atomic mass is 9.98. The molecule has 1 heterocycles. The van der Waals surface area contributed by atoms with E-state index in [9.17, 15) is 14.9 Å². The normalized spacial score (nSPS) is 15.7. The third-order valence-electron chi connectivity index (χ3n) is 3.52. The summed E-state index contributed by atoms with van der Waals surface area (Å²) in [5.74, 6) is 0.0108. The molecule has 1 aromatic heterocycles. The number of hydrogen-bond donors (Lipinski definition) is 1. The highest BCUT2D eigenvalue weighted by Crippen LogP contribution is 2.20. The van der Waals surface area contributed by atoms with Crippen molar-refractivity contribution in [2.75, 3.05) is 11.9 Å². The topological polar surface area (TPSA) is 94.4 Å². The monoisotopic (exact) mass is 293 g/mol. The van der Waals surface area contributed by atoms with Crippen molar-refractivity contribution < 1.29 is 14.5 Å². The summed E-state index contributed by atoms with van der Waals surface area (Å²) in [5.41, 5.74) is 0.206. The van der Waals surface area contributed by atoms with Gasteiger partial charge in [0, 0.05) is 6.07 Å². The van der Waals surface area contributed by atoms with Gasteiger partial charge in [0.15, 0.2) is 0 Å². The smallest absolute Gasteiger partial charge is 0.290 e. The van der Waals surface area contributed by atoms with Gasteiger partial charge in [-0.1, -0.05) is 19.3 Å². The van der Waals surface area contributed by atoms with E-state index in [1.165, 1.54) is 25.5 Å². The number of rotatable bonds is 5. The lowest BCUT2D eigenvalue weighted by molar-refractivity contribution is -0.385. The molecule has 0 saturated heterocycles. The summed E-state index contributed by atoms with van der Waals surface area (Å²) in [7, 11) is 0. The molecule has 21 heavy (non-hydrogen) atoms. The molecule has 1 aliphatic carbocycles. The van der Waals surface area contributed by atoms with Crippen molar-refractivity contribution in [3.63, 3.8) is 0 Å². The second-order valence-electron chi connectivity index (χ2n) is 5.18. The van der Waals surface area contributed by atoms with E-state index in [1.807, 2.05) is 0 Å². The number of anilines is 1. The van der Waals surface area contributed by atoms with Gasteiger partial charge < -0.3 is 10.1 Å². The first-order valence-electron chi connectivity index (χ1n) is 7.10. The van der Waals surface area contributed by atoms with Crippen LogP contribution in [0.25, 0.3) is 0 Å². The van der Waals surface area contributed by atoms with E-state index in [4.69, 9.17) is 4.74 Å². The zero-order chi connectivity index (χ0) is 15.2. The van der Waals surface area contributed by atoms with Crippen LogP contribution in [0.1, 0.15) is 37.8 Å². The predicted molar refractivity (Wildman–Crippen MR) is 77.1 cm³/mol. The maximum Gasteiger partial charge on any atom is 0.290 e. The first-order valence-corrected chi connectivity index (χ1v) is 7.10. The van der Waals surface area contributed by atoms with Crippen molar-refractivity contribution in [1.82, 2.24) is 4.98 Å². The van der Waals surface area contributed by atoms with Gasteiger partial charge in [-0.05, 0) is 25.8 Å². The van der Waals surface area contributed by atoms with Crippen molar-refractivity contribution in [2.24, 2.45) is 0 Å². The minimum absolute atomic E-state index is 0.0115. The number of carbonyl (C=O) groups excluding carboxylic acids is 1. The summed E-state index contributed by atoms with van der Waals surface area (Å²) in [6.07, 6.45) is 5.70. The average Bonchev–Trinajstić information content (AvgIpc) is 2.46. The third-order valence-corrected chi connectivity index (χ3v) is 3.52. The first kappa shape index (κ1) is 15.4. The fraction of sp³-hybridized carbons (Fsp3) is 0.571. The zero-order valence-electron chi connectivity index (χ0n) is 12.0. The molecule has 0 aromatic carbocycles. The van der Waals surface area contributed by atoms with Crippen LogP contribution in [0.3, 0.4) is 0 Å². The Morgan fingerprint density at radius 1 is 1.43 bits per heavy atom. The molecule has 0 spiro atoms. The van der Waals surface area contributed by atoms with Crippen LogP contribution in [-0.2, 0) is 9.53 Å². The molecule has 0 radical (unpaired) electrons. The Labute approximate surface area is 122 Å². The number of carbonyl (C=O) groups is 1. The van der Waals surface area contributed by atoms with Gasteiger partial charge in [0.05, 0.1) is 11.0 Å². The van der Waals surface area contributed by atoms with Crippen molar-refractivity contribution in [3.05, 3.63) is 27.9 Å². The molecule has 0 unspecified atom stereocenters. The van der Waals surface area contributed by atoms with Gasteiger partial charge in [-0.3, -0.25) is 14.9 Å². The largest absolute Gasteiger partial charge is 0.368 e. The van der Waals surface area contributed by atoms with Gasteiger partial charge in [0.2, 0.25) is 0 Å². The van der Waals surface area contributed by atoms with Gasteiger partial charge in [0.1, 0.15) is 18.1 Å². The van der Waals surface area contributed by atoms with Crippen molar-refractivity contribution in [3.8, 4) is 0 Å². The molecule has 0 atom stereocenters. The average molecular weight is 293 g/mol. The van der Waals surface area contributed by atoms with E-state index >= 15 is 0 Å². The van der Waals surface area contributed by atoms with Crippen LogP contribution in [0.5, 0.6) is 0 Å². The molecular formula is C14H19N3O4. The fourth-order valence-corrected chi connectivity index (χ4v) is 2.42. The summed E-state index contributed by atoms with van der Waals surface area (Å²) in [4.78, 5) is 26.0. The van der Waals surface area contributed by atoms with E-state index in [0.29, 0.717) is 5.82 Å². The molecule has 1 aliphatic rings. The number of aryl methyl sites for hydroxylation is 1. The summed E-state index contributed by atoms with van der Waals surface area (Å²) in [6, 6.07) is 2.75. The van der Waals surface area contributed by atoms with Crippen molar-refractivity contribution >= 4 is 17.4 Å². The third kappa shape index (κ3) is 4.49. The number of nitro groups is 1. The molecule has 0 aliphatic heterocycles. The molecule has 1 amide bonds. The van der Waals surface area contributed by atoms with E-state index in [1.54, 1.807) is 0 Å². The number of ether oxygens (including phenoxy) is 1. The predicted octanol–water partition coefficient (Wildman–Crippen LogP) is 2.59. The van der Waals surface area contributed by atoms with E-state index in [0.717, 1.165) is 25.7 Å². The molecule has 1 N–H and O–H groups in total. The SMILES string of the molecule is Cc1nc(NC(=O)COC2CCCCC2)ccc1[N+](=O)[O-]. The van der Waals surface area contributed by atoms with E-state index in [-0.39, 0.29) is 30.0 Å². The van der Waals surface area contributed by atoms with E-state index in [2.05, 4.69) is 10.3 Å². The molecule has 2 rings (SSSR count). The Balaban J connectivity index is 1.84. The number of aromatic nitrogens is 1. The van der Waals surface area contributed by atoms with Crippen LogP contribution < -0.4 is 5.32 Å². The number of amides is 1. The van der Waals surface area contributed by atoms with Crippen molar-refractivity contribution in [1.29, 1.82) is 0 Å². The Kier molecular flexibility index (Phi) is 5.21. The number of pyridine rings is 1. The molecule has 7 heteroatoms. The van der Waals surface area contributed by atoms with Crippen LogP contribution in [0, 0.1) is 17.0 Å². The van der Waals surface area contributed by atoms with Gasteiger partial charge in [0.25, 0.3) is 11.6 Å². The Morgan fingerprint density at radius 3 is 2.76 bits per heavy atom. The highest BCUT2D eigenvalue weighted by atomic mass is 16.6. The summed E-state index contributed by atoms with van der Waals surface area (Å²) in [5, 5.41) is 13.3. The number of nitrogens with zero attached hydrogens (tertiary/aromatic N) is 2. The number of nitrogens with one attached hydrogen (secondary N) is 1. The van der Waals surface area contributed by atoms with Gasteiger partial charge >= 0.3 is 0 Å². The van der Waals surface area contributed by atoms with Crippen molar-refractivity contribution in [2.45, 2.75) is 45.1 Å². The van der Waals surface area contributed by atoms with E-state index < -0.39 is 4.92 Å². The van der Waals surface area contributed by atoms with Crippen LogP contribution in [0.15, 0.2) is 12.1 Å². The lowest BCUT2D eigenvalue weighted by Crippen LogP contribution is -2.25. The Hall–Kier alpha value is -2.02. The highest BCUT2D eigenvalue weighted by molar-refractivity contribution is 5.90. The van der Waals surface area contributed by atoms with Gasteiger partial charge in [-0.25, -0.2) is 4.98 Å². The molecule has 0 bridgehead atoms. The molecule has 1 fully saturated rings. The second-order valence-corrected chi connectivity index (χ2v) is 5.18. The highest BCUT2D eigenvalue weighted by Gasteiger charge is 2.16. The standard InChI is InChI=1S/C14H19N3O4/c1-10-12(17(19)20)7-8-13(15-10)16-14(18)9-21-11-5-3-2-4-6-11/h7-8,11H,2-6,9H2,1H3,(H,15,16,18). The lowest BCUT2D eigenvalue weighted by Gasteiger charge is -2.21. The molecule has 1 saturated carbocycles. The van der Waals surface area contributed by atoms with Crippen LogP contribution in [0.2, 0.25) is 0 Å². The summed E-state index contributed by atoms with van der Waals surface area (Å²) < 4.78 is 5.56. The molecule has 1 aromatic rings. The first-order chi connectivity index (χ1) is 10.1. The molecular weight excluding hydrogens is 274 g/mol. The van der Waals surface area contributed by atoms with Crippen LogP contribution in [-0.4, -0.2) is 28.5 Å². The molecule has 7 nitrogen and oxygen atoms in total. The Bertz CT molecular complexity index is 527. The molecule has 114 valence electrons. The summed E-state index contributed by atoms with van der Waals surface area (Å²) >= 11 is 0. The Morgan fingerprint density at radius 2 is 2.14 bits per heavy atom. The zero-order valence-corrected chi connectivity index (χ0v) is 12.0. The minimum Gasteiger partial charge on any atom is -0.368 e. The second kappa shape index (κ2) is 7.12. The quantitative estimate of drug-likeness (QED) is 0.665. The fourth-order valence-electron chi connectivity index (χ4n) is 2.42. The van der Waals surface area contributed by atoms with Crippen LogP contribution >= 0.6 is 0 Å². The maximum atomic E-state index is 11.8. The number of hydrogen-bond acceptors (Lipinski definition) is 5. The maximum absolute atomic E-state index is 11.8. The van der Waals surface area contributed by atoms with Crippen LogP contribution in [0.4, 0.5) is 11.5 Å². The minimum atomic E-state index is -0.500. The van der Waals surface area contributed by atoms with Gasteiger partial charge in [-0.15, -0.1) is 0 Å². The van der Waals surface area contributed by atoms with Gasteiger partial charge in [-0.2, -0.15) is 0 Å².